The number of rotatable bonds is 3. The van der Waals surface area contributed by atoms with Crippen LogP contribution < -0.4 is 10.1 Å². The van der Waals surface area contributed by atoms with E-state index in [1.165, 1.54) is 0 Å². The number of ether oxygens (including phenoxy) is 1. The Balaban J connectivity index is 2.22. The van der Waals surface area contributed by atoms with Gasteiger partial charge < -0.3 is 15.2 Å². The summed E-state index contributed by atoms with van der Waals surface area (Å²) in [7, 11) is 0. The van der Waals surface area contributed by atoms with Crippen molar-refractivity contribution in [1.29, 1.82) is 0 Å². The lowest BCUT2D eigenvalue weighted by Gasteiger charge is -2.38. The maximum atomic E-state index is 12.4. The Labute approximate surface area is 133 Å². The zero-order valence-electron chi connectivity index (χ0n) is 12.7. The van der Waals surface area contributed by atoms with Crippen molar-refractivity contribution in [2.24, 2.45) is 0 Å². The molecular formula is C16H20BrNO3. The summed E-state index contributed by atoms with van der Waals surface area (Å²) in [5.41, 5.74) is -0.373. The van der Waals surface area contributed by atoms with Crippen molar-refractivity contribution in [3.63, 3.8) is 0 Å². The standard InChI is InChI=1S/C16H20BrNO3/c1-15(2,16(3,4)20)18-14(19)11-7-10-8-12(17)5-6-13(10)21-9-11/h5-8,20H,9H2,1-4H3,(H,18,19). The molecule has 0 fully saturated rings. The first-order chi connectivity index (χ1) is 9.60. The molecule has 21 heavy (non-hydrogen) atoms. The summed E-state index contributed by atoms with van der Waals surface area (Å²) in [5.74, 6) is 0.532. The molecule has 5 heteroatoms. The highest BCUT2D eigenvalue weighted by atomic mass is 79.9. The molecule has 0 unspecified atom stereocenters. The highest BCUT2D eigenvalue weighted by Gasteiger charge is 2.37. The molecule has 1 aliphatic rings. The van der Waals surface area contributed by atoms with Crippen LogP contribution in [-0.4, -0.2) is 28.8 Å². The molecule has 0 aliphatic carbocycles. The van der Waals surface area contributed by atoms with E-state index in [0.29, 0.717) is 5.57 Å². The van der Waals surface area contributed by atoms with Gasteiger partial charge >= 0.3 is 0 Å². The molecule has 114 valence electrons. The van der Waals surface area contributed by atoms with E-state index in [9.17, 15) is 9.90 Å². The fraction of sp³-hybridized carbons (Fsp3) is 0.438. The van der Waals surface area contributed by atoms with E-state index < -0.39 is 11.1 Å². The van der Waals surface area contributed by atoms with Crippen LogP contribution in [0.25, 0.3) is 6.08 Å². The highest BCUT2D eigenvalue weighted by Crippen LogP contribution is 2.29. The number of hydrogen-bond acceptors (Lipinski definition) is 3. The molecule has 0 atom stereocenters. The van der Waals surface area contributed by atoms with Crippen molar-refractivity contribution in [2.75, 3.05) is 6.61 Å². The molecule has 2 N–H and O–H groups in total. The van der Waals surface area contributed by atoms with E-state index in [1.807, 2.05) is 24.3 Å². The largest absolute Gasteiger partial charge is 0.488 e. The molecule has 2 rings (SSSR count). The van der Waals surface area contributed by atoms with Gasteiger partial charge in [0.15, 0.2) is 0 Å². The van der Waals surface area contributed by atoms with E-state index in [1.54, 1.807) is 27.7 Å². The molecular weight excluding hydrogens is 334 g/mol. The van der Waals surface area contributed by atoms with Crippen molar-refractivity contribution in [3.05, 3.63) is 33.8 Å². The number of fused-ring (bicyclic) bond motifs is 1. The molecule has 1 aromatic rings. The summed E-state index contributed by atoms with van der Waals surface area (Å²) < 4.78 is 6.53. The SMILES string of the molecule is CC(C)(O)C(C)(C)NC(=O)C1=Cc2cc(Br)ccc2OC1. The minimum Gasteiger partial charge on any atom is -0.488 e. The Bertz CT molecular complexity index is 600. The number of amides is 1. The summed E-state index contributed by atoms with van der Waals surface area (Å²) in [5, 5.41) is 13.0. The van der Waals surface area contributed by atoms with Gasteiger partial charge in [0.05, 0.1) is 16.7 Å². The van der Waals surface area contributed by atoms with Gasteiger partial charge in [0.1, 0.15) is 12.4 Å². The summed E-state index contributed by atoms with van der Waals surface area (Å²) in [6.07, 6.45) is 1.82. The van der Waals surface area contributed by atoms with Gasteiger partial charge in [-0.25, -0.2) is 0 Å². The lowest BCUT2D eigenvalue weighted by Crippen LogP contribution is -2.58. The van der Waals surface area contributed by atoms with Crippen LogP contribution in [0, 0.1) is 0 Å². The minimum absolute atomic E-state index is 0.225. The number of hydrogen-bond donors (Lipinski definition) is 2. The fourth-order valence-electron chi connectivity index (χ4n) is 1.80. The molecule has 0 saturated carbocycles. The van der Waals surface area contributed by atoms with Crippen molar-refractivity contribution >= 4 is 27.9 Å². The molecule has 1 heterocycles. The summed E-state index contributed by atoms with van der Waals surface area (Å²) >= 11 is 3.40. The Kier molecular flexibility index (Phi) is 4.17. The van der Waals surface area contributed by atoms with E-state index in [4.69, 9.17) is 4.74 Å². The van der Waals surface area contributed by atoms with Gasteiger partial charge in [-0.3, -0.25) is 4.79 Å². The minimum atomic E-state index is -1.03. The van der Waals surface area contributed by atoms with Crippen molar-refractivity contribution in [1.82, 2.24) is 5.32 Å². The number of benzene rings is 1. The topological polar surface area (TPSA) is 58.6 Å². The molecule has 0 radical (unpaired) electrons. The van der Waals surface area contributed by atoms with Crippen molar-refractivity contribution in [3.8, 4) is 5.75 Å². The second-order valence-corrected chi connectivity index (χ2v) is 7.19. The molecule has 1 aromatic carbocycles. The third-order valence-electron chi connectivity index (χ3n) is 3.93. The first-order valence-electron chi connectivity index (χ1n) is 6.78. The maximum absolute atomic E-state index is 12.4. The Hall–Kier alpha value is -1.33. The molecule has 0 saturated heterocycles. The van der Waals surface area contributed by atoms with Crippen molar-refractivity contribution in [2.45, 2.75) is 38.8 Å². The second kappa shape index (κ2) is 5.46. The van der Waals surface area contributed by atoms with Gasteiger partial charge in [-0.15, -0.1) is 0 Å². The van der Waals surface area contributed by atoms with Gasteiger partial charge in [-0.1, -0.05) is 15.9 Å². The van der Waals surface area contributed by atoms with Crippen LogP contribution >= 0.6 is 15.9 Å². The lowest BCUT2D eigenvalue weighted by atomic mass is 9.85. The summed E-state index contributed by atoms with van der Waals surface area (Å²) in [6.45, 7) is 7.15. The van der Waals surface area contributed by atoms with Gasteiger partial charge in [0, 0.05) is 10.0 Å². The smallest absolute Gasteiger partial charge is 0.251 e. The molecule has 1 amide bonds. The van der Waals surface area contributed by atoms with Gasteiger partial charge in [-0.05, 0) is 52.0 Å². The lowest BCUT2D eigenvalue weighted by molar-refractivity contribution is -0.122. The molecule has 1 aliphatic heterocycles. The Morgan fingerprint density at radius 1 is 1.33 bits per heavy atom. The molecule has 0 spiro atoms. The van der Waals surface area contributed by atoms with Crippen LogP contribution in [0.3, 0.4) is 0 Å². The Morgan fingerprint density at radius 3 is 2.62 bits per heavy atom. The predicted octanol–water partition coefficient (Wildman–Crippen LogP) is 2.89. The van der Waals surface area contributed by atoms with Gasteiger partial charge in [0.2, 0.25) is 0 Å². The van der Waals surface area contributed by atoms with E-state index >= 15 is 0 Å². The predicted molar refractivity (Wildman–Crippen MR) is 86.1 cm³/mol. The average Bonchev–Trinajstić information content (AvgIpc) is 2.35. The Morgan fingerprint density at radius 2 is 2.00 bits per heavy atom. The molecule has 0 bridgehead atoms. The fourth-order valence-corrected chi connectivity index (χ4v) is 2.18. The monoisotopic (exact) mass is 353 g/mol. The number of carbonyl (C=O) groups is 1. The van der Waals surface area contributed by atoms with E-state index in [-0.39, 0.29) is 12.5 Å². The first-order valence-corrected chi connectivity index (χ1v) is 7.57. The maximum Gasteiger partial charge on any atom is 0.251 e. The van der Waals surface area contributed by atoms with Crippen LogP contribution in [0.15, 0.2) is 28.2 Å². The van der Waals surface area contributed by atoms with E-state index in [2.05, 4.69) is 21.2 Å². The van der Waals surface area contributed by atoms with Gasteiger partial charge in [-0.2, -0.15) is 0 Å². The number of nitrogens with one attached hydrogen (secondary N) is 1. The van der Waals surface area contributed by atoms with Crippen LogP contribution in [0.1, 0.15) is 33.3 Å². The molecule has 0 aromatic heterocycles. The van der Waals surface area contributed by atoms with Crippen LogP contribution in [0.4, 0.5) is 0 Å². The summed E-state index contributed by atoms with van der Waals surface area (Å²) in [4.78, 5) is 12.4. The van der Waals surface area contributed by atoms with Crippen molar-refractivity contribution < 1.29 is 14.6 Å². The second-order valence-electron chi connectivity index (χ2n) is 6.28. The van der Waals surface area contributed by atoms with Crippen LogP contribution in [0.5, 0.6) is 5.75 Å². The highest BCUT2D eigenvalue weighted by molar-refractivity contribution is 9.10. The summed E-state index contributed by atoms with van der Waals surface area (Å²) in [6, 6.07) is 5.67. The van der Waals surface area contributed by atoms with Crippen LogP contribution in [-0.2, 0) is 4.79 Å². The first kappa shape index (κ1) is 16.0. The normalized spacial score (nSPS) is 14.9. The van der Waals surface area contributed by atoms with Gasteiger partial charge in [0.25, 0.3) is 5.91 Å². The average molecular weight is 354 g/mol. The third kappa shape index (κ3) is 3.47. The molecule has 4 nitrogen and oxygen atoms in total. The zero-order chi connectivity index (χ0) is 15.8. The number of halogens is 1. The quantitative estimate of drug-likeness (QED) is 0.878. The number of aliphatic hydroxyl groups is 1. The zero-order valence-corrected chi connectivity index (χ0v) is 14.2. The van der Waals surface area contributed by atoms with E-state index in [0.717, 1.165) is 15.8 Å². The van der Waals surface area contributed by atoms with Crippen LogP contribution in [0.2, 0.25) is 0 Å². The number of carbonyl (C=O) groups excluding carboxylic acids is 1. The third-order valence-corrected chi connectivity index (χ3v) is 4.43.